The highest BCUT2D eigenvalue weighted by Crippen LogP contribution is 2.34. The molecule has 1 heterocycles. The zero-order valence-electron chi connectivity index (χ0n) is 14.8. The molecule has 0 aliphatic heterocycles. The lowest BCUT2D eigenvalue weighted by Crippen LogP contribution is -2.09. The summed E-state index contributed by atoms with van der Waals surface area (Å²) >= 11 is 0. The molecule has 2 aromatic carbocycles. The molecule has 3 aromatic rings. The molecule has 3 rings (SSSR count). The molecule has 136 valence electrons. The molecular formula is C19H20N2O4S. The van der Waals surface area contributed by atoms with Crippen LogP contribution in [0.4, 0.5) is 5.69 Å². The summed E-state index contributed by atoms with van der Waals surface area (Å²) in [5.74, 6) is -0.369. The van der Waals surface area contributed by atoms with Crippen molar-refractivity contribution in [1.82, 2.24) is 4.98 Å². The summed E-state index contributed by atoms with van der Waals surface area (Å²) in [7, 11) is -3.36. The molecular weight excluding hydrogens is 352 g/mol. The van der Waals surface area contributed by atoms with Crippen LogP contribution in [0.15, 0.2) is 42.5 Å². The Morgan fingerprint density at radius 2 is 1.96 bits per heavy atom. The van der Waals surface area contributed by atoms with Crippen molar-refractivity contribution in [1.29, 1.82) is 0 Å². The fourth-order valence-electron chi connectivity index (χ4n) is 2.99. The first kappa shape index (κ1) is 18.0. The molecule has 6 nitrogen and oxygen atoms in total. The number of rotatable bonds is 5. The van der Waals surface area contributed by atoms with Crippen molar-refractivity contribution < 1.29 is 17.9 Å². The topological polar surface area (TPSA) is 88.3 Å². The molecule has 0 saturated heterocycles. The van der Waals surface area contributed by atoms with Crippen molar-refractivity contribution in [3.8, 4) is 11.1 Å². The maximum absolute atomic E-state index is 12.0. The van der Waals surface area contributed by atoms with E-state index in [0.717, 1.165) is 34.0 Å². The molecule has 0 spiro atoms. The highest BCUT2D eigenvalue weighted by molar-refractivity contribution is 7.92. The Labute approximate surface area is 152 Å². The number of esters is 1. The molecule has 0 saturated carbocycles. The second-order valence-electron chi connectivity index (χ2n) is 6.06. The summed E-state index contributed by atoms with van der Waals surface area (Å²) in [4.78, 5) is 15.3. The van der Waals surface area contributed by atoms with Crippen LogP contribution in [0.1, 0.15) is 23.0 Å². The van der Waals surface area contributed by atoms with Gasteiger partial charge in [-0.25, -0.2) is 13.2 Å². The van der Waals surface area contributed by atoms with E-state index >= 15 is 0 Å². The smallest absolute Gasteiger partial charge is 0.338 e. The molecule has 0 fully saturated rings. The quantitative estimate of drug-likeness (QED) is 0.669. The number of ether oxygens (including phenoxy) is 1. The average molecular weight is 372 g/mol. The highest BCUT2D eigenvalue weighted by atomic mass is 32.2. The Kier molecular flexibility index (Phi) is 4.73. The monoisotopic (exact) mass is 372 g/mol. The Bertz CT molecular complexity index is 1080. The molecule has 0 aliphatic carbocycles. The summed E-state index contributed by atoms with van der Waals surface area (Å²) < 4.78 is 30.5. The summed E-state index contributed by atoms with van der Waals surface area (Å²) in [6, 6.07) is 12.5. The number of benzene rings is 2. The predicted molar refractivity (Wildman–Crippen MR) is 103 cm³/mol. The second kappa shape index (κ2) is 6.84. The lowest BCUT2D eigenvalue weighted by molar-refractivity contribution is 0.0526. The molecule has 7 heteroatoms. The van der Waals surface area contributed by atoms with E-state index in [0.29, 0.717) is 17.9 Å². The van der Waals surface area contributed by atoms with Crippen molar-refractivity contribution in [3.05, 3.63) is 53.7 Å². The van der Waals surface area contributed by atoms with Crippen LogP contribution in [-0.2, 0) is 14.8 Å². The fraction of sp³-hybridized carbons (Fsp3) is 0.211. The van der Waals surface area contributed by atoms with Crippen LogP contribution in [0.2, 0.25) is 0 Å². The number of hydrogen-bond donors (Lipinski definition) is 2. The minimum absolute atomic E-state index is 0.315. The van der Waals surface area contributed by atoms with Crippen LogP contribution >= 0.6 is 0 Å². The van der Waals surface area contributed by atoms with E-state index in [4.69, 9.17) is 4.74 Å². The second-order valence-corrected chi connectivity index (χ2v) is 7.81. The van der Waals surface area contributed by atoms with Gasteiger partial charge < -0.3 is 9.72 Å². The normalized spacial score (nSPS) is 11.5. The summed E-state index contributed by atoms with van der Waals surface area (Å²) in [5, 5.41) is 0.879. The minimum atomic E-state index is -3.36. The number of sulfonamides is 1. The standard InChI is InChI=1S/C19H20N2O4S/c1-4-25-19(22)14-8-9-17-16(11-14)18(12(2)20-17)13-6-5-7-15(10-13)21-26(3,23)24/h5-11,20-21H,4H2,1-3H3. The molecule has 2 N–H and O–H groups in total. The fourth-order valence-corrected chi connectivity index (χ4v) is 3.55. The number of aromatic amines is 1. The third-order valence-corrected chi connectivity index (χ3v) is 4.56. The molecule has 0 bridgehead atoms. The third-order valence-electron chi connectivity index (χ3n) is 3.95. The zero-order valence-corrected chi connectivity index (χ0v) is 15.6. The first-order chi connectivity index (χ1) is 12.3. The SMILES string of the molecule is CCOC(=O)c1ccc2[nH]c(C)c(-c3cccc(NS(C)(=O)=O)c3)c2c1. The number of aromatic nitrogens is 1. The highest BCUT2D eigenvalue weighted by Gasteiger charge is 2.15. The van der Waals surface area contributed by atoms with Crippen LogP contribution in [0.25, 0.3) is 22.0 Å². The number of fused-ring (bicyclic) bond motifs is 1. The van der Waals surface area contributed by atoms with Crippen molar-refractivity contribution in [2.75, 3.05) is 17.6 Å². The maximum Gasteiger partial charge on any atom is 0.338 e. The number of H-pyrrole nitrogens is 1. The first-order valence-electron chi connectivity index (χ1n) is 8.16. The Balaban J connectivity index is 2.12. The average Bonchev–Trinajstić information content (AvgIpc) is 2.88. The number of nitrogens with one attached hydrogen (secondary N) is 2. The van der Waals surface area contributed by atoms with E-state index < -0.39 is 10.0 Å². The Morgan fingerprint density at radius 1 is 1.19 bits per heavy atom. The molecule has 26 heavy (non-hydrogen) atoms. The largest absolute Gasteiger partial charge is 0.462 e. The van der Waals surface area contributed by atoms with Crippen LogP contribution in [0.5, 0.6) is 0 Å². The van der Waals surface area contributed by atoms with Crippen molar-refractivity contribution in [2.45, 2.75) is 13.8 Å². The van der Waals surface area contributed by atoms with Gasteiger partial charge in [0.25, 0.3) is 0 Å². The third kappa shape index (κ3) is 3.72. The predicted octanol–water partition coefficient (Wildman–Crippen LogP) is 3.69. The number of carbonyl (C=O) groups is 1. The van der Waals surface area contributed by atoms with Gasteiger partial charge in [-0.2, -0.15) is 0 Å². The van der Waals surface area contributed by atoms with Crippen molar-refractivity contribution in [3.63, 3.8) is 0 Å². The van der Waals surface area contributed by atoms with E-state index in [9.17, 15) is 13.2 Å². The molecule has 0 unspecified atom stereocenters. The molecule has 0 atom stereocenters. The van der Waals surface area contributed by atoms with Crippen LogP contribution < -0.4 is 4.72 Å². The minimum Gasteiger partial charge on any atom is -0.462 e. The van der Waals surface area contributed by atoms with E-state index in [-0.39, 0.29) is 5.97 Å². The zero-order chi connectivity index (χ0) is 18.9. The number of carbonyl (C=O) groups excluding carboxylic acids is 1. The van der Waals surface area contributed by atoms with Gasteiger partial charge in [0.05, 0.1) is 18.4 Å². The Hall–Kier alpha value is -2.80. The lowest BCUT2D eigenvalue weighted by atomic mass is 10.0. The van der Waals surface area contributed by atoms with Gasteiger partial charge in [-0.15, -0.1) is 0 Å². The summed E-state index contributed by atoms with van der Waals surface area (Å²) in [5.41, 5.74) is 4.56. The van der Waals surface area contributed by atoms with Gasteiger partial charge in [0.2, 0.25) is 10.0 Å². The van der Waals surface area contributed by atoms with E-state index in [1.165, 1.54) is 0 Å². The van der Waals surface area contributed by atoms with Crippen molar-refractivity contribution >= 4 is 32.6 Å². The van der Waals surface area contributed by atoms with Gasteiger partial charge in [-0.1, -0.05) is 12.1 Å². The first-order valence-corrected chi connectivity index (χ1v) is 10.1. The number of anilines is 1. The van der Waals surface area contributed by atoms with Gasteiger partial charge in [0.15, 0.2) is 0 Å². The van der Waals surface area contributed by atoms with E-state index in [1.807, 2.05) is 19.1 Å². The maximum atomic E-state index is 12.0. The van der Waals surface area contributed by atoms with E-state index in [1.54, 1.807) is 37.3 Å². The molecule has 0 aliphatic rings. The van der Waals surface area contributed by atoms with Crippen LogP contribution in [0, 0.1) is 6.92 Å². The van der Waals surface area contributed by atoms with Crippen LogP contribution in [-0.4, -0.2) is 32.2 Å². The summed E-state index contributed by atoms with van der Waals surface area (Å²) in [6.07, 6.45) is 1.11. The Morgan fingerprint density at radius 3 is 2.65 bits per heavy atom. The molecule has 0 radical (unpaired) electrons. The molecule has 1 aromatic heterocycles. The van der Waals surface area contributed by atoms with Crippen LogP contribution in [0.3, 0.4) is 0 Å². The lowest BCUT2D eigenvalue weighted by Gasteiger charge is -2.08. The number of aryl methyl sites for hydroxylation is 1. The van der Waals surface area contributed by atoms with Gasteiger partial charge in [-0.05, 0) is 49.7 Å². The molecule has 0 amide bonds. The van der Waals surface area contributed by atoms with Crippen molar-refractivity contribution in [2.24, 2.45) is 0 Å². The van der Waals surface area contributed by atoms with Gasteiger partial charge in [-0.3, -0.25) is 4.72 Å². The summed E-state index contributed by atoms with van der Waals surface area (Å²) in [6.45, 7) is 4.02. The van der Waals surface area contributed by atoms with Gasteiger partial charge in [0.1, 0.15) is 0 Å². The van der Waals surface area contributed by atoms with Gasteiger partial charge in [0, 0.05) is 27.8 Å². The van der Waals surface area contributed by atoms with E-state index in [2.05, 4.69) is 9.71 Å². The number of hydrogen-bond acceptors (Lipinski definition) is 4. The van der Waals surface area contributed by atoms with Gasteiger partial charge >= 0.3 is 5.97 Å².